The lowest BCUT2D eigenvalue weighted by atomic mass is 9.86. The molecule has 2 rings (SSSR count). The fraction of sp³-hybridized carbons (Fsp3) is 0.667. The molecule has 2 atom stereocenters. The third-order valence-electron chi connectivity index (χ3n) is 4.16. The van der Waals surface area contributed by atoms with Crippen LogP contribution in [-0.2, 0) is 0 Å². The molecule has 0 amide bonds. The van der Waals surface area contributed by atoms with Gasteiger partial charge in [0.1, 0.15) is 11.5 Å². The van der Waals surface area contributed by atoms with Crippen molar-refractivity contribution in [2.24, 2.45) is 5.41 Å². The molecule has 1 aliphatic rings. The van der Waals surface area contributed by atoms with Gasteiger partial charge in [0.15, 0.2) is 0 Å². The number of methoxy groups -OCH3 is 1. The zero-order valence-corrected chi connectivity index (χ0v) is 14.2. The maximum Gasteiger partial charge on any atom is 0.124 e. The fourth-order valence-corrected chi connectivity index (χ4v) is 3.17. The average molecular weight is 307 g/mol. The molecule has 124 valence electrons. The summed E-state index contributed by atoms with van der Waals surface area (Å²) < 4.78 is 11.2. The summed E-state index contributed by atoms with van der Waals surface area (Å²) in [5.41, 5.74) is 1.23. The van der Waals surface area contributed by atoms with E-state index in [1.807, 2.05) is 19.1 Å². The number of hydrogen-bond acceptors (Lipinski definition) is 4. The third-order valence-corrected chi connectivity index (χ3v) is 4.16. The van der Waals surface area contributed by atoms with Gasteiger partial charge in [0.25, 0.3) is 0 Å². The van der Waals surface area contributed by atoms with Crippen LogP contribution in [-0.4, -0.2) is 31.5 Å². The lowest BCUT2D eigenvalue weighted by Gasteiger charge is -2.29. The fourth-order valence-electron chi connectivity index (χ4n) is 3.17. The summed E-state index contributed by atoms with van der Waals surface area (Å²) in [5.74, 6) is 1.81. The van der Waals surface area contributed by atoms with Gasteiger partial charge in [0.05, 0.1) is 19.8 Å². The van der Waals surface area contributed by atoms with Crippen molar-refractivity contribution < 1.29 is 14.6 Å². The van der Waals surface area contributed by atoms with Crippen molar-refractivity contribution in [1.29, 1.82) is 0 Å². The second kappa shape index (κ2) is 7.34. The van der Waals surface area contributed by atoms with E-state index in [4.69, 9.17) is 9.47 Å². The lowest BCUT2D eigenvalue weighted by Crippen LogP contribution is -2.34. The van der Waals surface area contributed by atoms with Gasteiger partial charge in [-0.3, -0.25) is 0 Å². The molecule has 0 aromatic heterocycles. The Morgan fingerprint density at radius 1 is 1.45 bits per heavy atom. The van der Waals surface area contributed by atoms with Gasteiger partial charge in [0, 0.05) is 18.2 Å². The van der Waals surface area contributed by atoms with Gasteiger partial charge in [-0.25, -0.2) is 0 Å². The number of aliphatic hydroxyl groups is 1. The smallest absolute Gasteiger partial charge is 0.124 e. The highest BCUT2D eigenvalue weighted by molar-refractivity contribution is 5.42. The molecule has 0 saturated carbocycles. The Kier molecular flexibility index (Phi) is 5.70. The summed E-state index contributed by atoms with van der Waals surface area (Å²) in [4.78, 5) is 0. The van der Waals surface area contributed by atoms with E-state index >= 15 is 0 Å². The Morgan fingerprint density at radius 3 is 2.91 bits per heavy atom. The summed E-state index contributed by atoms with van der Waals surface area (Å²) in [6.45, 7) is 7.84. The highest BCUT2D eigenvalue weighted by atomic mass is 16.5. The van der Waals surface area contributed by atoms with E-state index in [2.05, 4.69) is 25.2 Å². The van der Waals surface area contributed by atoms with E-state index in [0.717, 1.165) is 43.9 Å². The van der Waals surface area contributed by atoms with Crippen molar-refractivity contribution in [3.05, 3.63) is 23.8 Å². The van der Waals surface area contributed by atoms with Crippen LogP contribution < -0.4 is 14.8 Å². The van der Waals surface area contributed by atoms with E-state index in [1.165, 1.54) is 5.56 Å². The second-order valence-electron chi connectivity index (χ2n) is 7.05. The minimum Gasteiger partial charge on any atom is -0.497 e. The molecule has 2 N–H and O–H groups in total. The quantitative estimate of drug-likeness (QED) is 0.846. The highest BCUT2D eigenvalue weighted by Gasteiger charge is 2.25. The molecular formula is C18H29NO3. The maximum atomic E-state index is 9.63. The van der Waals surface area contributed by atoms with Crippen LogP contribution >= 0.6 is 0 Å². The molecule has 1 heterocycles. The topological polar surface area (TPSA) is 50.7 Å². The maximum absolute atomic E-state index is 9.63. The standard InChI is InChI=1S/C18H29NO3/c1-13(20)11-18(2,3)12-19-16-6-5-9-22-17-8-7-14(21-4)10-15(16)17/h7-8,10,13,16,19-20H,5-6,9,11-12H2,1-4H3. The van der Waals surface area contributed by atoms with Gasteiger partial charge in [-0.15, -0.1) is 0 Å². The van der Waals surface area contributed by atoms with Gasteiger partial charge in [-0.2, -0.15) is 0 Å². The number of hydrogen-bond donors (Lipinski definition) is 2. The van der Waals surface area contributed by atoms with Crippen LogP contribution in [0.3, 0.4) is 0 Å². The Balaban J connectivity index is 2.11. The van der Waals surface area contributed by atoms with Crippen LogP contribution in [0.15, 0.2) is 18.2 Å². The number of benzene rings is 1. The zero-order valence-electron chi connectivity index (χ0n) is 14.2. The summed E-state index contributed by atoms with van der Waals surface area (Å²) >= 11 is 0. The van der Waals surface area contributed by atoms with Crippen molar-refractivity contribution in [2.75, 3.05) is 20.3 Å². The van der Waals surface area contributed by atoms with Gasteiger partial charge in [-0.1, -0.05) is 13.8 Å². The van der Waals surface area contributed by atoms with E-state index in [0.29, 0.717) is 0 Å². The first kappa shape index (κ1) is 17.1. The van der Waals surface area contributed by atoms with E-state index in [-0.39, 0.29) is 17.6 Å². The van der Waals surface area contributed by atoms with E-state index in [9.17, 15) is 5.11 Å². The molecule has 4 nitrogen and oxygen atoms in total. The third kappa shape index (κ3) is 4.62. The summed E-state index contributed by atoms with van der Waals surface area (Å²) in [6.07, 6.45) is 2.59. The number of ether oxygens (including phenoxy) is 2. The van der Waals surface area contributed by atoms with Crippen molar-refractivity contribution >= 4 is 0 Å². The highest BCUT2D eigenvalue weighted by Crippen LogP contribution is 2.35. The summed E-state index contributed by atoms with van der Waals surface area (Å²) in [6, 6.07) is 6.27. The molecule has 4 heteroatoms. The summed E-state index contributed by atoms with van der Waals surface area (Å²) in [5, 5.41) is 13.3. The predicted octanol–water partition coefficient (Wildman–Crippen LogP) is 3.30. The monoisotopic (exact) mass is 307 g/mol. The molecule has 22 heavy (non-hydrogen) atoms. The first-order valence-electron chi connectivity index (χ1n) is 8.13. The normalized spacial score (nSPS) is 19.8. The van der Waals surface area contributed by atoms with Crippen LogP contribution in [0, 0.1) is 5.41 Å². The van der Waals surface area contributed by atoms with Crippen LogP contribution in [0.5, 0.6) is 11.5 Å². The Bertz CT molecular complexity index is 485. The van der Waals surface area contributed by atoms with Crippen LogP contribution in [0.1, 0.15) is 51.6 Å². The molecule has 0 bridgehead atoms. The van der Waals surface area contributed by atoms with Crippen molar-refractivity contribution in [3.63, 3.8) is 0 Å². The van der Waals surface area contributed by atoms with Gasteiger partial charge in [-0.05, 0) is 49.8 Å². The minimum atomic E-state index is -0.276. The molecule has 1 aromatic rings. The Hall–Kier alpha value is -1.26. The van der Waals surface area contributed by atoms with Gasteiger partial charge >= 0.3 is 0 Å². The average Bonchev–Trinajstić information content (AvgIpc) is 2.65. The van der Waals surface area contributed by atoms with Crippen LogP contribution in [0.2, 0.25) is 0 Å². The first-order chi connectivity index (χ1) is 10.4. The first-order valence-corrected chi connectivity index (χ1v) is 8.13. The Labute approximate surface area is 133 Å². The lowest BCUT2D eigenvalue weighted by molar-refractivity contribution is 0.126. The van der Waals surface area contributed by atoms with Crippen molar-refractivity contribution in [2.45, 2.75) is 52.2 Å². The predicted molar refractivity (Wildman–Crippen MR) is 88.5 cm³/mol. The second-order valence-corrected chi connectivity index (χ2v) is 7.05. The molecule has 0 spiro atoms. The molecular weight excluding hydrogens is 278 g/mol. The zero-order chi connectivity index (χ0) is 16.2. The number of fused-ring (bicyclic) bond motifs is 1. The SMILES string of the molecule is COc1ccc2c(c1)C(NCC(C)(C)CC(C)O)CCCO2. The molecule has 0 aliphatic carbocycles. The minimum absolute atomic E-state index is 0.0559. The molecule has 0 fully saturated rings. The van der Waals surface area contributed by atoms with Crippen LogP contribution in [0.4, 0.5) is 0 Å². The number of aliphatic hydroxyl groups excluding tert-OH is 1. The summed E-state index contributed by atoms with van der Waals surface area (Å²) in [7, 11) is 1.69. The number of nitrogens with one attached hydrogen (secondary N) is 1. The Morgan fingerprint density at radius 2 is 2.23 bits per heavy atom. The molecule has 1 aliphatic heterocycles. The van der Waals surface area contributed by atoms with Gasteiger partial charge in [0.2, 0.25) is 0 Å². The van der Waals surface area contributed by atoms with E-state index in [1.54, 1.807) is 7.11 Å². The van der Waals surface area contributed by atoms with E-state index < -0.39 is 0 Å². The molecule has 1 aromatic carbocycles. The van der Waals surface area contributed by atoms with Crippen molar-refractivity contribution in [1.82, 2.24) is 5.32 Å². The number of rotatable bonds is 6. The molecule has 2 unspecified atom stereocenters. The van der Waals surface area contributed by atoms with Gasteiger partial charge < -0.3 is 19.9 Å². The molecule has 0 radical (unpaired) electrons. The largest absolute Gasteiger partial charge is 0.497 e. The van der Waals surface area contributed by atoms with Crippen LogP contribution in [0.25, 0.3) is 0 Å². The molecule has 0 saturated heterocycles. The van der Waals surface area contributed by atoms with Crippen molar-refractivity contribution in [3.8, 4) is 11.5 Å².